The van der Waals surface area contributed by atoms with E-state index >= 15 is 0 Å². The highest BCUT2D eigenvalue weighted by molar-refractivity contribution is 7.13. The topological polar surface area (TPSA) is 80.9 Å². The fourth-order valence-electron chi connectivity index (χ4n) is 2.88. The maximum absolute atomic E-state index is 12.6. The molecule has 4 rings (SSSR count). The van der Waals surface area contributed by atoms with Gasteiger partial charge >= 0.3 is 0 Å². The predicted molar refractivity (Wildman–Crippen MR) is 107 cm³/mol. The number of benzene rings is 1. The van der Waals surface area contributed by atoms with Gasteiger partial charge in [-0.25, -0.2) is 0 Å². The van der Waals surface area contributed by atoms with E-state index in [0.717, 1.165) is 16.0 Å². The molecule has 1 aromatic carbocycles. The molecule has 6 nitrogen and oxygen atoms in total. The number of aryl methyl sites for hydroxylation is 1. The van der Waals surface area contributed by atoms with Gasteiger partial charge in [0.05, 0.1) is 10.9 Å². The minimum Gasteiger partial charge on any atom is -0.345 e. The average molecular weight is 390 g/mol. The van der Waals surface area contributed by atoms with Gasteiger partial charge < -0.3 is 9.84 Å². The highest BCUT2D eigenvalue weighted by atomic mass is 32.1. The first kappa shape index (κ1) is 18.1. The molecule has 1 unspecified atom stereocenters. The van der Waals surface area contributed by atoms with Crippen LogP contribution in [0.2, 0.25) is 0 Å². The Morgan fingerprint density at radius 2 is 1.82 bits per heavy atom. The maximum atomic E-state index is 12.6. The lowest BCUT2D eigenvalue weighted by molar-refractivity contribution is -0.121. The smallest absolute Gasteiger partial charge is 0.227 e. The molecular weight excluding hydrogens is 372 g/mol. The largest absolute Gasteiger partial charge is 0.345 e. The van der Waals surface area contributed by atoms with Crippen molar-refractivity contribution in [1.82, 2.24) is 20.4 Å². The van der Waals surface area contributed by atoms with Crippen molar-refractivity contribution < 1.29 is 9.32 Å². The molecule has 28 heavy (non-hydrogen) atoms. The van der Waals surface area contributed by atoms with Gasteiger partial charge in [0.1, 0.15) is 0 Å². The Morgan fingerprint density at radius 3 is 2.57 bits per heavy atom. The predicted octanol–water partition coefficient (Wildman–Crippen LogP) is 4.03. The van der Waals surface area contributed by atoms with E-state index in [1.807, 2.05) is 60.0 Å². The number of rotatable bonds is 7. The van der Waals surface area contributed by atoms with Crippen molar-refractivity contribution in [2.75, 3.05) is 0 Å². The lowest BCUT2D eigenvalue weighted by Gasteiger charge is -2.19. The molecule has 0 aliphatic carbocycles. The first-order chi connectivity index (χ1) is 13.8. The molecule has 3 aromatic heterocycles. The van der Waals surface area contributed by atoms with Crippen molar-refractivity contribution in [3.05, 3.63) is 89.4 Å². The monoisotopic (exact) mass is 390 g/mol. The third kappa shape index (κ3) is 4.32. The van der Waals surface area contributed by atoms with Crippen LogP contribution < -0.4 is 5.32 Å². The van der Waals surface area contributed by atoms with Crippen LogP contribution in [0.25, 0.3) is 10.7 Å². The zero-order valence-electron chi connectivity index (χ0n) is 15.0. The van der Waals surface area contributed by atoms with Gasteiger partial charge in [0.25, 0.3) is 0 Å². The molecule has 4 aromatic rings. The molecule has 0 aliphatic heterocycles. The number of hydrogen-bond donors (Lipinski definition) is 1. The fourth-order valence-corrected chi connectivity index (χ4v) is 3.53. The van der Waals surface area contributed by atoms with E-state index in [9.17, 15) is 4.79 Å². The lowest BCUT2D eigenvalue weighted by atomic mass is 9.99. The number of carbonyl (C=O) groups excluding carboxylic acids is 1. The summed E-state index contributed by atoms with van der Waals surface area (Å²) in [6, 6.07) is 17.3. The third-order valence-electron chi connectivity index (χ3n) is 4.25. The number of nitrogens with zero attached hydrogens (tertiary/aromatic N) is 3. The fraction of sp³-hybridized carbons (Fsp3) is 0.143. The summed E-state index contributed by atoms with van der Waals surface area (Å²) in [4.78, 5) is 22.0. The molecular formula is C21H18N4O2S. The number of pyridine rings is 1. The summed E-state index contributed by atoms with van der Waals surface area (Å²) in [6.07, 6.45) is 4.10. The number of nitrogens with one attached hydrogen (secondary N) is 1. The SMILES string of the molecule is O=C(CCc1nc(-c2cccs2)no1)NC(c1ccccc1)c1ccncc1. The molecule has 0 bridgehead atoms. The Hall–Kier alpha value is -3.32. The first-order valence-corrected chi connectivity index (χ1v) is 9.78. The van der Waals surface area contributed by atoms with Crippen LogP contribution in [0.5, 0.6) is 0 Å². The van der Waals surface area contributed by atoms with Crippen LogP contribution in [-0.2, 0) is 11.2 Å². The number of aromatic nitrogens is 3. The van der Waals surface area contributed by atoms with Gasteiger partial charge in [-0.3, -0.25) is 9.78 Å². The minimum atomic E-state index is -0.235. The molecule has 0 radical (unpaired) electrons. The summed E-state index contributed by atoms with van der Waals surface area (Å²) >= 11 is 1.55. The van der Waals surface area contributed by atoms with Crippen LogP contribution in [-0.4, -0.2) is 21.0 Å². The van der Waals surface area contributed by atoms with E-state index in [-0.39, 0.29) is 18.4 Å². The summed E-state index contributed by atoms with van der Waals surface area (Å²) in [6.45, 7) is 0. The van der Waals surface area contributed by atoms with Crippen molar-refractivity contribution >= 4 is 17.2 Å². The normalized spacial score (nSPS) is 11.9. The van der Waals surface area contributed by atoms with E-state index in [0.29, 0.717) is 18.1 Å². The van der Waals surface area contributed by atoms with Crippen LogP contribution >= 0.6 is 11.3 Å². The molecule has 140 valence electrons. The zero-order valence-corrected chi connectivity index (χ0v) is 15.8. The quantitative estimate of drug-likeness (QED) is 0.515. The van der Waals surface area contributed by atoms with Gasteiger partial charge in [0.2, 0.25) is 17.6 Å². The summed E-state index contributed by atoms with van der Waals surface area (Å²) in [7, 11) is 0. The Morgan fingerprint density at radius 1 is 1.04 bits per heavy atom. The molecule has 1 N–H and O–H groups in total. The Labute approximate surface area is 166 Å². The zero-order chi connectivity index (χ0) is 19.2. The average Bonchev–Trinajstić information content (AvgIpc) is 3.43. The second-order valence-corrected chi connectivity index (χ2v) is 7.13. The van der Waals surface area contributed by atoms with Crippen LogP contribution in [0.1, 0.15) is 29.5 Å². The summed E-state index contributed by atoms with van der Waals surface area (Å²) in [5.41, 5.74) is 1.99. The second-order valence-electron chi connectivity index (χ2n) is 6.18. The van der Waals surface area contributed by atoms with E-state index in [2.05, 4.69) is 20.4 Å². The van der Waals surface area contributed by atoms with E-state index in [4.69, 9.17) is 4.52 Å². The maximum Gasteiger partial charge on any atom is 0.227 e. The van der Waals surface area contributed by atoms with Gasteiger partial charge in [-0.1, -0.05) is 41.6 Å². The van der Waals surface area contributed by atoms with Gasteiger partial charge in [0.15, 0.2) is 0 Å². The third-order valence-corrected chi connectivity index (χ3v) is 5.12. The number of carbonyl (C=O) groups is 1. The highest BCUT2D eigenvalue weighted by Crippen LogP contribution is 2.23. The Kier molecular flexibility index (Phi) is 5.53. The first-order valence-electron chi connectivity index (χ1n) is 8.90. The van der Waals surface area contributed by atoms with Gasteiger partial charge in [0, 0.05) is 25.2 Å². The lowest BCUT2D eigenvalue weighted by Crippen LogP contribution is -2.29. The van der Waals surface area contributed by atoms with Crippen molar-refractivity contribution in [2.24, 2.45) is 0 Å². The Balaban J connectivity index is 1.42. The molecule has 0 spiro atoms. The molecule has 0 fully saturated rings. The van der Waals surface area contributed by atoms with Crippen LogP contribution in [0, 0.1) is 0 Å². The minimum absolute atomic E-state index is 0.0819. The highest BCUT2D eigenvalue weighted by Gasteiger charge is 2.18. The van der Waals surface area contributed by atoms with Crippen LogP contribution in [0.3, 0.4) is 0 Å². The van der Waals surface area contributed by atoms with Gasteiger partial charge in [-0.05, 0) is 34.7 Å². The molecule has 7 heteroatoms. The molecule has 0 saturated carbocycles. The van der Waals surface area contributed by atoms with Crippen LogP contribution in [0.4, 0.5) is 0 Å². The molecule has 0 aliphatic rings. The second kappa shape index (κ2) is 8.58. The van der Waals surface area contributed by atoms with Crippen molar-refractivity contribution in [3.63, 3.8) is 0 Å². The van der Waals surface area contributed by atoms with Gasteiger partial charge in [-0.2, -0.15) is 4.98 Å². The van der Waals surface area contributed by atoms with Crippen molar-refractivity contribution in [1.29, 1.82) is 0 Å². The van der Waals surface area contributed by atoms with Gasteiger partial charge in [-0.15, -0.1) is 11.3 Å². The summed E-state index contributed by atoms with van der Waals surface area (Å²) in [5, 5.41) is 9.04. The Bertz CT molecular complexity index is 978. The van der Waals surface area contributed by atoms with Crippen molar-refractivity contribution in [2.45, 2.75) is 18.9 Å². The number of hydrogen-bond acceptors (Lipinski definition) is 6. The molecule has 1 amide bonds. The van der Waals surface area contributed by atoms with E-state index in [1.165, 1.54) is 0 Å². The van der Waals surface area contributed by atoms with Crippen LogP contribution in [0.15, 0.2) is 76.9 Å². The standard InChI is InChI=1S/C21H18N4O2S/c26-18(8-9-19-24-21(25-27-19)17-7-4-14-28-17)23-20(15-5-2-1-3-6-15)16-10-12-22-13-11-16/h1-7,10-14,20H,8-9H2,(H,23,26). The van der Waals surface area contributed by atoms with E-state index in [1.54, 1.807) is 23.7 Å². The summed E-state index contributed by atoms with van der Waals surface area (Å²) in [5.74, 6) is 0.935. The number of amides is 1. The van der Waals surface area contributed by atoms with Crippen molar-refractivity contribution in [3.8, 4) is 10.7 Å². The number of thiophene rings is 1. The van der Waals surface area contributed by atoms with E-state index < -0.39 is 0 Å². The molecule has 1 atom stereocenters. The molecule has 0 saturated heterocycles. The molecule has 3 heterocycles. The summed E-state index contributed by atoms with van der Waals surface area (Å²) < 4.78 is 5.27.